The van der Waals surface area contributed by atoms with Crippen molar-refractivity contribution in [3.05, 3.63) is 23.8 Å². The molecule has 17 heavy (non-hydrogen) atoms. The van der Waals surface area contributed by atoms with E-state index in [4.69, 9.17) is 4.74 Å². The molecule has 0 aliphatic carbocycles. The summed E-state index contributed by atoms with van der Waals surface area (Å²) in [5.74, 6) is 0.817. The van der Waals surface area contributed by atoms with Gasteiger partial charge in [-0.2, -0.15) is 0 Å². The van der Waals surface area contributed by atoms with Crippen molar-refractivity contribution >= 4 is 22.4 Å². The van der Waals surface area contributed by atoms with Crippen molar-refractivity contribution < 1.29 is 13.7 Å². The topological polar surface area (TPSA) is 46.6 Å². The van der Waals surface area contributed by atoms with Gasteiger partial charge in [0.25, 0.3) is 0 Å². The molecule has 2 rings (SSSR count). The van der Waals surface area contributed by atoms with Crippen molar-refractivity contribution in [3.63, 3.8) is 0 Å². The Bertz CT molecular complexity index is 473. The first-order chi connectivity index (χ1) is 8.11. The zero-order valence-electron chi connectivity index (χ0n) is 9.93. The van der Waals surface area contributed by atoms with E-state index in [2.05, 4.69) is 0 Å². The molecule has 0 bridgehead atoms. The average molecular weight is 253 g/mol. The predicted octanol–water partition coefficient (Wildman–Crippen LogP) is 0.963. The SMILES string of the molecule is COc1ccc2c(c1)CCN2C(=O)CS(C)=O. The van der Waals surface area contributed by atoms with Crippen LogP contribution < -0.4 is 9.64 Å². The van der Waals surface area contributed by atoms with Gasteiger partial charge >= 0.3 is 0 Å². The molecule has 0 saturated carbocycles. The monoisotopic (exact) mass is 253 g/mol. The number of hydrogen-bond donors (Lipinski definition) is 0. The molecule has 0 radical (unpaired) electrons. The summed E-state index contributed by atoms with van der Waals surface area (Å²) < 4.78 is 16.2. The number of methoxy groups -OCH3 is 1. The standard InChI is InChI=1S/C12H15NO3S/c1-16-10-3-4-11-9(7-10)5-6-13(11)12(14)8-17(2)15/h3-4,7H,5-6,8H2,1-2H3. The van der Waals surface area contributed by atoms with E-state index in [1.165, 1.54) is 0 Å². The number of benzene rings is 1. The van der Waals surface area contributed by atoms with E-state index in [-0.39, 0.29) is 11.7 Å². The highest BCUT2D eigenvalue weighted by Crippen LogP contribution is 2.31. The van der Waals surface area contributed by atoms with Gasteiger partial charge in [-0.15, -0.1) is 0 Å². The molecule has 0 N–H and O–H groups in total. The maximum atomic E-state index is 11.9. The second-order valence-electron chi connectivity index (χ2n) is 4.01. The molecule has 1 heterocycles. The molecule has 92 valence electrons. The molecular formula is C12H15NO3S. The Morgan fingerprint density at radius 2 is 2.29 bits per heavy atom. The highest BCUT2D eigenvalue weighted by Gasteiger charge is 2.25. The van der Waals surface area contributed by atoms with Crippen LogP contribution in [0, 0.1) is 0 Å². The average Bonchev–Trinajstić information content (AvgIpc) is 2.70. The van der Waals surface area contributed by atoms with Crippen molar-refractivity contribution in [1.82, 2.24) is 0 Å². The first-order valence-corrected chi connectivity index (χ1v) is 7.12. The van der Waals surface area contributed by atoms with Crippen LogP contribution in [-0.2, 0) is 22.0 Å². The van der Waals surface area contributed by atoms with E-state index in [1.54, 1.807) is 18.3 Å². The zero-order chi connectivity index (χ0) is 12.4. The maximum Gasteiger partial charge on any atom is 0.239 e. The summed E-state index contributed by atoms with van der Waals surface area (Å²) in [5, 5.41) is 0. The summed E-state index contributed by atoms with van der Waals surface area (Å²) in [6.07, 6.45) is 2.37. The van der Waals surface area contributed by atoms with Crippen molar-refractivity contribution in [2.24, 2.45) is 0 Å². The third kappa shape index (κ3) is 2.49. The Labute approximate surface area is 103 Å². The summed E-state index contributed by atoms with van der Waals surface area (Å²) in [5.41, 5.74) is 2.03. The van der Waals surface area contributed by atoms with E-state index >= 15 is 0 Å². The predicted molar refractivity (Wildman–Crippen MR) is 68.0 cm³/mol. The third-order valence-electron chi connectivity index (χ3n) is 2.81. The van der Waals surface area contributed by atoms with E-state index in [0.29, 0.717) is 6.54 Å². The van der Waals surface area contributed by atoms with Crippen LogP contribution in [0.2, 0.25) is 0 Å². The van der Waals surface area contributed by atoms with E-state index in [1.807, 2.05) is 18.2 Å². The number of nitrogens with zero attached hydrogens (tertiary/aromatic N) is 1. The van der Waals surface area contributed by atoms with Gasteiger partial charge < -0.3 is 9.64 Å². The van der Waals surface area contributed by atoms with E-state index < -0.39 is 10.8 Å². The van der Waals surface area contributed by atoms with Crippen LogP contribution in [0.15, 0.2) is 18.2 Å². The van der Waals surface area contributed by atoms with Gasteiger partial charge in [0.15, 0.2) is 0 Å². The molecule has 5 heteroatoms. The second kappa shape index (κ2) is 4.87. The first kappa shape index (κ1) is 12.1. The Balaban J connectivity index is 2.22. The van der Waals surface area contributed by atoms with Gasteiger partial charge in [-0.1, -0.05) is 0 Å². The number of hydrogen-bond acceptors (Lipinski definition) is 3. The Kier molecular flexibility index (Phi) is 3.47. The summed E-state index contributed by atoms with van der Waals surface area (Å²) in [7, 11) is 0.534. The molecule has 0 saturated heterocycles. The van der Waals surface area contributed by atoms with Crippen molar-refractivity contribution in [2.45, 2.75) is 6.42 Å². The van der Waals surface area contributed by atoms with E-state index in [0.717, 1.165) is 23.4 Å². The van der Waals surface area contributed by atoms with Crippen LogP contribution in [-0.4, -0.2) is 35.8 Å². The van der Waals surface area contributed by atoms with Crippen LogP contribution in [0.25, 0.3) is 0 Å². The van der Waals surface area contributed by atoms with Gasteiger partial charge in [0.1, 0.15) is 11.5 Å². The molecule has 1 aromatic carbocycles. The number of ether oxygens (including phenoxy) is 1. The van der Waals surface area contributed by atoms with Crippen molar-refractivity contribution in [3.8, 4) is 5.75 Å². The molecular weight excluding hydrogens is 238 g/mol. The van der Waals surface area contributed by atoms with Gasteiger partial charge in [0.2, 0.25) is 5.91 Å². The highest BCUT2D eigenvalue weighted by molar-refractivity contribution is 7.85. The molecule has 4 nitrogen and oxygen atoms in total. The molecule has 1 aliphatic heterocycles. The van der Waals surface area contributed by atoms with Crippen LogP contribution in [0.4, 0.5) is 5.69 Å². The minimum atomic E-state index is -1.09. The quantitative estimate of drug-likeness (QED) is 0.806. The lowest BCUT2D eigenvalue weighted by Gasteiger charge is -2.16. The lowest BCUT2D eigenvalue weighted by atomic mass is 10.1. The summed E-state index contributed by atoms with van der Waals surface area (Å²) in [6.45, 7) is 0.665. The summed E-state index contributed by atoms with van der Waals surface area (Å²) in [6, 6.07) is 5.68. The number of anilines is 1. The maximum absolute atomic E-state index is 11.9. The van der Waals surface area contributed by atoms with Crippen LogP contribution in [0.5, 0.6) is 5.75 Å². The third-order valence-corrected chi connectivity index (χ3v) is 3.46. The fraction of sp³-hybridized carbons (Fsp3) is 0.417. The Hall–Kier alpha value is -1.36. The highest BCUT2D eigenvalue weighted by atomic mass is 32.2. The minimum absolute atomic E-state index is 0.0743. The molecule has 0 fully saturated rings. The smallest absolute Gasteiger partial charge is 0.239 e. The molecule has 1 amide bonds. The number of amides is 1. The number of fused-ring (bicyclic) bond motifs is 1. The van der Waals surface area contributed by atoms with Gasteiger partial charge in [0, 0.05) is 29.3 Å². The first-order valence-electron chi connectivity index (χ1n) is 5.39. The molecule has 1 unspecified atom stereocenters. The van der Waals surface area contributed by atoms with Crippen LogP contribution in [0.3, 0.4) is 0 Å². The largest absolute Gasteiger partial charge is 0.497 e. The molecule has 1 aromatic rings. The molecule has 1 atom stereocenters. The van der Waals surface area contributed by atoms with Gasteiger partial charge in [-0.05, 0) is 30.2 Å². The Morgan fingerprint density at radius 3 is 2.94 bits per heavy atom. The zero-order valence-corrected chi connectivity index (χ0v) is 10.8. The normalized spacial score (nSPS) is 15.5. The van der Waals surface area contributed by atoms with Crippen molar-refractivity contribution in [1.29, 1.82) is 0 Å². The second-order valence-corrected chi connectivity index (χ2v) is 5.44. The van der Waals surface area contributed by atoms with Gasteiger partial charge in [-0.3, -0.25) is 9.00 Å². The van der Waals surface area contributed by atoms with Crippen LogP contribution >= 0.6 is 0 Å². The Morgan fingerprint density at radius 1 is 1.53 bits per heavy atom. The van der Waals surface area contributed by atoms with E-state index in [9.17, 15) is 9.00 Å². The minimum Gasteiger partial charge on any atom is -0.497 e. The fourth-order valence-electron chi connectivity index (χ4n) is 2.02. The fourth-order valence-corrected chi connectivity index (χ4v) is 2.52. The molecule has 0 aromatic heterocycles. The summed E-state index contributed by atoms with van der Waals surface area (Å²) >= 11 is 0. The number of rotatable bonds is 3. The van der Waals surface area contributed by atoms with Gasteiger partial charge in [-0.25, -0.2) is 0 Å². The lowest BCUT2D eigenvalue weighted by Crippen LogP contribution is -2.32. The lowest BCUT2D eigenvalue weighted by molar-refractivity contribution is -0.116. The molecule has 0 spiro atoms. The van der Waals surface area contributed by atoms with Crippen molar-refractivity contribution in [2.75, 3.05) is 30.6 Å². The number of carbonyl (C=O) groups is 1. The van der Waals surface area contributed by atoms with Gasteiger partial charge in [0.05, 0.1) is 7.11 Å². The summed E-state index contributed by atoms with van der Waals surface area (Å²) in [4.78, 5) is 13.6. The number of carbonyl (C=O) groups excluding carboxylic acids is 1. The molecule has 1 aliphatic rings. The van der Waals surface area contributed by atoms with Crippen LogP contribution in [0.1, 0.15) is 5.56 Å².